The molecule has 2 rings (SSSR count). The quantitative estimate of drug-likeness (QED) is 0.736. The normalized spacial score (nSPS) is 24.5. The molecule has 124 valence electrons. The van der Waals surface area contributed by atoms with Gasteiger partial charge in [0, 0.05) is 26.2 Å². The number of rotatable bonds is 6. The van der Waals surface area contributed by atoms with Crippen molar-refractivity contribution in [2.75, 3.05) is 46.4 Å². The minimum atomic E-state index is -3.34. The van der Waals surface area contributed by atoms with Gasteiger partial charge in [0.05, 0.1) is 0 Å². The summed E-state index contributed by atoms with van der Waals surface area (Å²) in [5.41, 5.74) is 0. The zero-order chi connectivity index (χ0) is 15.3. The third-order valence-corrected chi connectivity index (χ3v) is 6.46. The number of aliphatic hydroxyl groups excluding tert-OH is 1. The van der Waals surface area contributed by atoms with Crippen LogP contribution < -0.4 is 4.72 Å². The molecule has 2 N–H and O–H groups in total. The molecular formula is C14H29N3O3S. The van der Waals surface area contributed by atoms with Crippen LogP contribution >= 0.6 is 0 Å². The lowest BCUT2D eigenvalue weighted by Gasteiger charge is -2.31. The van der Waals surface area contributed by atoms with E-state index in [4.69, 9.17) is 5.11 Å². The van der Waals surface area contributed by atoms with Crippen LogP contribution in [-0.2, 0) is 10.2 Å². The van der Waals surface area contributed by atoms with Crippen molar-refractivity contribution in [3.63, 3.8) is 0 Å². The molecule has 2 aliphatic rings. The zero-order valence-corrected chi connectivity index (χ0v) is 13.8. The Kier molecular flexibility index (Phi) is 6.43. The lowest BCUT2D eigenvalue weighted by atomic mass is 9.94. The molecule has 2 heterocycles. The molecule has 0 unspecified atom stereocenters. The van der Waals surface area contributed by atoms with E-state index in [-0.39, 0.29) is 12.5 Å². The van der Waals surface area contributed by atoms with Crippen LogP contribution in [0, 0.1) is 11.8 Å². The van der Waals surface area contributed by atoms with Gasteiger partial charge in [-0.3, -0.25) is 0 Å². The van der Waals surface area contributed by atoms with Gasteiger partial charge >= 0.3 is 0 Å². The molecule has 2 aliphatic heterocycles. The number of nitrogens with zero attached hydrogens (tertiary/aromatic N) is 2. The molecule has 0 spiro atoms. The lowest BCUT2D eigenvalue weighted by molar-refractivity contribution is 0.169. The first-order valence-electron chi connectivity index (χ1n) is 8.05. The Labute approximate surface area is 128 Å². The monoisotopic (exact) mass is 319 g/mol. The Morgan fingerprint density at radius 3 is 2.19 bits per heavy atom. The molecule has 0 atom stereocenters. The maximum Gasteiger partial charge on any atom is 0.279 e. The van der Waals surface area contributed by atoms with Gasteiger partial charge in [-0.05, 0) is 64.1 Å². The lowest BCUT2D eigenvalue weighted by Crippen LogP contribution is -2.46. The van der Waals surface area contributed by atoms with E-state index in [9.17, 15) is 8.42 Å². The SMILES string of the molecule is CN1CCC(CCNS(=O)(=O)N2CCC(CO)CC2)CC1. The highest BCUT2D eigenvalue weighted by molar-refractivity contribution is 7.87. The van der Waals surface area contributed by atoms with E-state index in [2.05, 4.69) is 16.7 Å². The average Bonchev–Trinajstić information content (AvgIpc) is 2.49. The summed E-state index contributed by atoms with van der Waals surface area (Å²) in [4.78, 5) is 2.33. The topological polar surface area (TPSA) is 72.9 Å². The van der Waals surface area contributed by atoms with Crippen LogP contribution in [0.3, 0.4) is 0 Å². The molecule has 0 saturated carbocycles. The van der Waals surface area contributed by atoms with Gasteiger partial charge in [-0.2, -0.15) is 12.7 Å². The van der Waals surface area contributed by atoms with E-state index in [0.717, 1.165) is 32.4 Å². The Morgan fingerprint density at radius 2 is 1.62 bits per heavy atom. The molecule has 2 fully saturated rings. The molecule has 7 heteroatoms. The van der Waals surface area contributed by atoms with Crippen molar-refractivity contribution in [1.29, 1.82) is 0 Å². The van der Waals surface area contributed by atoms with Crippen LogP contribution in [0.15, 0.2) is 0 Å². The molecular weight excluding hydrogens is 290 g/mol. The molecule has 0 radical (unpaired) electrons. The minimum absolute atomic E-state index is 0.164. The van der Waals surface area contributed by atoms with Crippen molar-refractivity contribution >= 4 is 10.2 Å². The highest BCUT2D eigenvalue weighted by Crippen LogP contribution is 2.20. The van der Waals surface area contributed by atoms with Gasteiger partial charge in [0.1, 0.15) is 0 Å². The van der Waals surface area contributed by atoms with Gasteiger partial charge in [-0.15, -0.1) is 0 Å². The second kappa shape index (κ2) is 7.87. The van der Waals surface area contributed by atoms with Crippen molar-refractivity contribution in [1.82, 2.24) is 13.9 Å². The van der Waals surface area contributed by atoms with Crippen molar-refractivity contribution in [2.24, 2.45) is 11.8 Å². The van der Waals surface area contributed by atoms with Crippen LogP contribution in [0.2, 0.25) is 0 Å². The molecule has 6 nitrogen and oxygen atoms in total. The van der Waals surface area contributed by atoms with Gasteiger partial charge in [0.15, 0.2) is 0 Å². The number of nitrogens with one attached hydrogen (secondary N) is 1. The van der Waals surface area contributed by atoms with Crippen molar-refractivity contribution in [3.05, 3.63) is 0 Å². The van der Waals surface area contributed by atoms with E-state index in [0.29, 0.717) is 25.6 Å². The molecule has 0 aromatic heterocycles. The van der Waals surface area contributed by atoms with E-state index >= 15 is 0 Å². The summed E-state index contributed by atoms with van der Waals surface area (Å²) in [7, 11) is -1.20. The molecule has 0 aromatic carbocycles. The van der Waals surface area contributed by atoms with Gasteiger partial charge in [0.2, 0.25) is 0 Å². The predicted octanol–water partition coefficient (Wildman–Crippen LogP) is 0.257. The Hall–Kier alpha value is -0.210. The van der Waals surface area contributed by atoms with Gasteiger partial charge in [-0.1, -0.05) is 0 Å². The fraction of sp³-hybridized carbons (Fsp3) is 1.00. The average molecular weight is 319 g/mol. The number of hydrogen-bond donors (Lipinski definition) is 2. The summed E-state index contributed by atoms with van der Waals surface area (Å²) >= 11 is 0. The smallest absolute Gasteiger partial charge is 0.279 e. The minimum Gasteiger partial charge on any atom is -0.396 e. The van der Waals surface area contributed by atoms with Gasteiger partial charge < -0.3 is 10.0 Å². The molecule has 2 saturated heterocycles. The van der Waals surface area contributed by atoms with E-state index in [1.54, 1.807) is 0 Å². The summed E-state index contributed by atoms with van der Waals surface area (Å²) in [5, 5.41) is 9.10. The zero-order valence-electron chi connectivity index (χ0n) is 13.0. The summed E-state index contributed by atoms with van der Waals surface area (Å²) in [5.74, 6) is 0.903. The van der Waals surface area contributed by atoms with Gasteiger partial charge in [0.25, 0.3) is 10.2 Å². The summed E-state index contributed by atoms with van der Waals surface area (Å²) < 4.78 is 28.7. The second-order valence-electron chi connectivity index (χ2n) is 6.46. The van der Waals surface area contributed by atoms with E-state index < -0.39 is 10.2 Å². The molecule has 0 aliphatic carbocycles. The summed E-state index contributed by atoms with van der Waals surface area (Å²) in [6, 6.07) is 0. The molecule has 0 bridgehead atoms. The Balaban J connectivity index is 1.69. The maximum absolute atomic E-state index is 12.2. The molecule has 0 amide bonds. The first-order chi connectivity index (χ1) is 10.0. The molecule has 21 heavy (non-hydrogen) atoms. The van der Waals surface area contributed by atoms with E-state index in [1.807, 2.05) is 0 Å². The van der Waals surface area contributed by atoms with Crippen LogP contribution in [0.1, 0.15) is 32.1 Å². The van der Waals surface area contributed by atoms with Gasteiger partial charge in [-0.25, -0.2) is 4.72 Å². The number of likely N-dealkylation sites (tertiary alicyclic amines) is 1. The first kappa shape index (κ1) is 17.1. The summed E-state index contributed by atoms with van der Waals surface area (Å²) in [6.45, 7) is 3.98. The Morgan fingerprint density at radius 1 is 1.05 bits per heavy atom. The fourth-order valence-electron chi connectivity index (χ4n) is 3.17. The van der Waals surface area contributed by atoms with Crippen LogP contribution in [-0.4, -0.2) is 69.1 Å². The largest absolute Gasteiger partial charge is 0.396 e. The maximum atomic E-state index is 12.2. The van der Waals surface area contributed by atoms with E-state index in [1.165, 1.54) is 17.1 Å². The number of aliphatic hydroxyl groups is 1. The van der Waals surface area contributed by atoms with Crippen molar-refractivity contribution in [3.8, 4) is 0 Å². The predicted molar refractivity (Wildman–Crippen MR) is 83.1 cm³/mol. The van der Waals surface area contributed by atoms with Crippen molar-refractivity contribution < 1.29 is 13.5 Å². The third kappa shape index (κ3) is 5.17. The molecule has 0 aromatic rings. The Bertz CT molecular complexity index is 400. The van der Waals surface area contributed by atoms with Crippen molar-refractivity contribution in [2.45, 2.75) is 32.1 Å². The second-order valence-corrected chi connectivity index (χ2v) is 8.21. The fourth-order valence-corrected chi connectivity index (χ4v) is 4.42. The highest BCUT2D eigenvalue weighted by Gasteiger charge is 2.27. The van der Waals surface area contributed by atoms with Crippen LogP contribution in [0.25, 0.3) is 0 Å². The van der Waals surface area contributed by atoms with Crippen LogP contribution in [0.5, 0.6) is 0 Å². The van der Waals surface area contributed by atoms with Crippen LogP contribution in [0.4, 0.5) is 0 Å². The number of hydrogen-bond acceptors (Lipinski definition) is 4. The highest BCUT2D eigenvalue weighted by atomic mass is 32.2. The first-order valence-corrected chi connectivity index (χ1v) is 9.49. The standard InChI is InChI=1S/C14H29N3O3S/c1-16-8-3-13(4-9-16)2-7-15-21(19,20)17-10-5-14(12-18)6-11-17/h13-15,18H,2-12H2,1H3. The third-order valence-electron chi connectivity index (χ3n) is 4.85. The number of piperidine rings is 2. The summed E-state index contributed by atoms with van der Waals surface area (Å²) in [6.07, 6.45) is 4.78.